The monoisotopic (exact) mass is 914 g/mol. The van der Waals surface area contributed by atoms with E-state index in [4.69, 9.17) is 4.74 Å². The Morgan fingerprint density at radius 3 is 1.80 bits per heavy atom. The number of nitrogens with one attached hydrogen (secondary N) is 3. The number of likely N-dealkylation sites (N-methyl/N-ethyl adjacent to an activating group) is 3. The van der Waals surface area contributed by atoms with Crippen LogP contribution in [-0.4, -0.2) is 120 Å². The summed E-state index contributed by atoms with van der Waals surface area (Å²) in [5.74, 6) is -3.76. The summed E-state index contributed by atoms with van der Waals surface area (Å²) in [5.41, 5.74) is -1.72. The molecule has 65 heavy (non-hydrogen) atoms. The van der Waals surface area contributed by atoms with Gasteiger partial charge in [0.1, 0.15) is 24.2 Å². The maximum Gasteiger partial charge on any atom is 0.329 e. The highest BCUT2D eigenvalue weighted by atomic mass is 16.5. The molecule has 2 rings (SSSR count). The van der Waals surface area contributed by atoms with Gasteiger partial charge in [-0.2, -0.15) is 5.26 Å². The summed E-state index contributed by atoms with van der Waals surface area (Å²) in [6.45, 7) is 17.4. The molecule has 0 radical (unpaired) electrons. The van der Waals surface area contributed by atoms with Crippen molar-refractivity contribution in [1.82, 2.24) is 30.7 Å². The number of carbonyl (C=O) groups excluding carboxylic acids is 7. The molecule has 15 nitrogen and oxygen atoms in total. The maximum absolute atomic E-state index is 15.1. The van der Waals surface area contributed by atoms with Crippen LogP contribution in [0.15, 0.2) is 0 Å². The van der Waals surface area contributed by atoms with Crippen molar-refractivity contribution in [1.29, 1.82) is 5.26 Å². The van der Waals surface area contributed by atoms with Crippen molar-refractivity contribution in [3.63, 3.8) is 0 Å². The second kappa shape index (κ2) is 28.2. The molecule has 3 N–H and O–H groups in total. The first-order chi connectivity index (χ1) is 30.7. The lowest BCUT2D eigenvalue weighted by atomic mass is 9.84. The number of amides is 5. The smallest absolute Gasteiger partial charge is 0.329 e. The van der Waals surface area contributed by atoms with Crippen LogP contribution in [0.1, 0.15) is 178 Å². The topological polar surface area (TPSA) is 198 Å². The van der Waals surface area contributed by atoms with E-state index < -0.39 is 77.5 Å². The van der Waals surface area contributed by atoms with Crippen LogP contribution in [0.2, 0.25) is 0 Å². The zero-order valence-electron chi connectivity index (χ0n) is 42.2. The van der Waals surface area contributed by atoms with Crippen LogP contribution in [0.5, 0.6) is 0 Å². The van der Waals surface area contributed by atoms with E-state index in [0.717, 1.165) is 70.6 Å². The van der Waals surface area contributed by atoms with Gasteiger partial charge in [-0.15, -0.1) is 0 Å². The zero-order valence-corrected chi connectivity index (χ0v) is 42.2. The molecule has 0 spiro atoms. The average molecular weight is 914 g/mol. The number of unbranched alkanes of at least 4 members (excludes halogenated alkanes) is 2. The number of cyclic esters (lactones) is 1. The number of nitriles is 1. The third-order valence-electron chi connectivity index (χ3n) is 13.6. The van der Waals surface area contributed by atoms with Gasteiger partial charge in [0.15, 0.2) is 18.1 Å². The fourth-order valence-electron chi connectivity index (χ4n) is 9.47. The Hall–Kier alpha value is -4.06. The lowest BCUT2D eigenvalue weighted by molar-refractivity contribution is -0.164. The second-order valence-corrected chi connectivity index (χ2v) is 20.4. The van der Waals surface area contributed by atoms with Crippen LogP contribution in [0, 0.1) is 40.9 Å². The molecule has 370 valence electrons. The fraction of sp³-hybridized carbons (Fsp3) is 0.840. The molecular formula is C50H87N7O8. The summed E-state index contributed by atoms with van der Waals surface area (Å²) in [6.07, 6.45) is 10.3. The first kappa shape index (κ1) is 57.1. The number of hydrogen-bond acceptors (Lipinski definition) is 10. The highest BCUT2D eigenvalue weighted by Crippen LogP contribution is 2.30. The van der Waals surface area contributed by atoms with Crippen LogP contribution < -0.4 is 16.0 Å². The van der Waals surface area contributed by atoms with Gasteiger partial charge in [0.25, 0.3) is 5.91 Å². The maximum atomic E-state index is 15.1. The Morgan fingerprint density at radius 2 is 1.29 bits per heavy atom. The summed E-state index contributed by atoms with van der Waals surface area (Å²) < 4.78 is 5.82. The van der Waals surface area contributed by atoms with E-state index in [9.17, 15) is 34.0 Å². The number of aldehydes is 1. The summed E-state index contributed by atoms with van der Waals surface area (Å²) >= 11 is 0. The highest BCUT2D eigenvalue weighted by molar-refractivity contribution is 5.96. The van der Waals surface area contributed by atoms with Crippen LogP contribution in [0.4, 0.5) is 0 Å². The van der Waals surface area contributed by atoms with Crippen LogP contribution in [-0.2, 0) is 38.3 Å². The predicted molar refractivity (Wildman–Crippen MR) is 253 cm³/mol. The van der Waals surface area contributed by atoms with E-state index in [1.54, 1.807) is 7.05 Å². The number of esters is 1. The molecule has 2 fully saturated rings. The van der Waals surface area contributed by atoms with Crippen molar-refractivity contribution in [3.8, 4) is 6.07 Å². The minimum Gasteiger partial charge on any atom is -0.451 e. The first-order valence-electron chi connectivity index (χ1n) is 24.9. The van der Waals surface area contributed by atoms with Gasteiger partial charge >= 0.3 is 5.97 Å². The van der Waals surface area contributed by atoms with Crippen LogP contribution >= 0.6 is 0 Å². The molecule has 0 aromatic carbocycles. The molecule has 2 aliphatic rings. The van der Waals surface area contributed by atoms with Gasteiger partial charge in [-0.1, -0.05) is 126 Å². The van der Waals surface area contributed by atoms with Crippen molar-refractivity contribution < 1.29 is 38.3 Å². The van der Waals surface area contributed by atoms with E-state index in [-0.39, 0.29) is 68.1 Å². The van der Waals surface area contributed by atoms with Crippen molar-refractivity contribution in [2.75, 3.05) is 21.1 Å². The average Bonchev–Trinajstić information content (AvgIpc) is 3.27. The number of ether oxygens (including phenoxy) is 1. The van der Waals surface area contributed by atoms with E-state index >= 15 is 4.79 Å². The quantitative estimate of drug-likeness (QED) is 0.0930. The number of hydrogen-bond donors (Lipinski definition) is 3. The SMILES string of the molecule is CCCC[C@@H](C)CC1NC(=O)[C@H](CC2CCCCC2)N(C)C(=O)[C@H](CC(C)C)N[C@](C=O)(CC(C)C)N(C)C(=O)[C@H](C[C@H](C)CCCC)NC(=O)[C@@H](CCC#N)OC(=O)[C@H](C)N(C)C1=O. The zero-order chi connectivity index (χ0) is 49.0. The minimum atomic E-state index is -1.72. The summed E-state index contributed by atoms with van der Waals surface area (Å²) in [6, 6.07) is -3.42. The van der Waals surface area contributed by atoms with Gasteiger partial charge in [0, 0.05) is 34.0 Å². The molecule has 0 aromatic heterocycles. The lowest BCUT2D eigenvalue weighted by Crippen LogP contribution is -2.69. The van der Waals surface area contributed by atoms with Gasteiger partial charge in [-0.05, 0) is 68.6 Å². The molecule has 0 bridgehead atoms. The Labute approximate surface area is 391 Å². The van der Waals surface area contributed by atoms with E-state index in [1.807, 2.05) is 47.6 Å². The van der Waals surface area contributed by atoms with Crippen molar-refractivity contribution in [2.45, 2.75) is 220 Å². The third kappa shape index (κ3) is 17.6. The Bertz CT molecular complexity index is 1590. The summed E-state index contributed by atoms with van der Waals surface area (Å²) in [4.78, 5) is 105. The highest BCUT2D eigenvalue weighted by Gasteiger charge is 2.46. The Morgan fingerprint density at radius 1 is 0.754 bits per heavy atom. The molecule has 15 heteroatoms. The predicted octanol–water partition coefficient (Wildman–Crippen LogP) is 6.67. The van der Waals surface area contributed by atoms with E-state index in [0.29, 0.717) is 12.7 Å². The second-order valence-electron chi connectivity index (χ2n) is 20.4. The fourth-order valence-corrected chi connectivity index (χ4v) is 9.47. The molecule has 9 atom stereocenters. The van der Waals surface area contributed by atoms with Crippen molar-refractivity contribution in [3.05, 3.63) is 0 Å². The Balaban J connectivity index is 2.96. The molecule has 5 amide bonds. The molecule has 1 unspecified atom stereocenters. The molecule has 1 aliphatic heterocycles. The standard InChI is InChI=1S/C50H87N7O8/c1-13-15-21-35(7)28-39-46(61)55(10)37(9)49(64)65-43(25-20-26-51)45(60)53-40(29-36(8)22-16-14-2)48(63)57(12)50(32-58,31-34(5)6)54-41(27-33(3)4)47(62)56(11)42(44(59)52-39)30-38-23-18-17-19-24-38/h32-43,54H,13-25,27-31H2,1-12H3,(H,52,59)(H,53,60)/t35-,36-,37+,39?,40+,41+,42+,43-,50-/m1/s1. The molecule has 0 aromatic rings. The largest absolute Gasteiger partial charge is 0.451 e. The summed E-state index contributed by atoms with van der Waals surface area (Å²) in [5, 5.41) is 18.8. The molecule has 1 saturated heterocycles. The van der Waals surface area contributed by atoms with Gasteiger partial charge in [-0.25, -0.2) is 4.79 Å². The van der Waals surface area contributed by atoms with Gasteiger partial charge in [0.2, 0.25) is 23.6 Å². The van der Waals surface area contributed by atoms with Gasteiger partial charge in [0.05, 0.1) is 12.1 Å². The number of carbonyl (C=O) groups is 7. The molecular weight excluding hydrogens is 827 g/mol. The third-order valence-corrected chi connectivity index (χ3v) is 13.6. The molecule has 1 aliphatic carbocycles. The van der Waals surface area contributed by atoms with Gasteiger partial charge in [-0.3, -0.25) is 34.1 Å². The molecule has 1 saturated carbocycles. The first-order valence-corrected chi connectivity index (χ1v) is 24.9. The van der Waals surface area contributed by atoms with Crippen molar-refractivity contribution in [2.24, 2.45) is 29.6 Å². The van der Waals surface area contributed by atoms with Crippen LogP contribution in [0.25, 0.3) is 0 Å². The number of rotatable bonds is 19. The van der Waals surface area contributed by atoms with E-state index in [1.165, 1.54) is 35.7 Å². The summed E-state index contributed by atoms with van der Waals surface area (Å²) in [7, 11) is 4.56. The van der Waals surface area contributed by atoms with Crippen molar-refractivity contribution >= 4 is 41.8 Å². The van der Waals surface area contributed by atoms with Gasteiger partial charge < -0.3 is 30.1 Å². The normalized spacial score (nSPS) is 27.6. The Kier molecular flexibility index (Phi) is 24.8. The minimum absolute atomic E-state index is 0.0231. The molecule has 1 heterocycles. The number of nitrogens with zero attached hydrogens (tertiary/aromatic N) is 4. The van der Waals surface area contributed by atoms with Crippen LogP contribution in [0.3, 0.4) is 0 Å². The lowest BCUT2D eigenvalue weighted by Gasteiger charge is -2.44. The van der Waals surface area contributed by atoms with E-state index in [2.05, 4.69) is 29.8 Å².